The van der Waals surface area contributed by atoms with Crippen LogP contribution < -0.4 is 5.69 Å². The molecule has 1 aliphatic heterocycles. The Bertz CT molecular complexity index is 540. The number of carbonyl (C=O) groups is 2. The third kappa shape index (κ3) is 3.18. The zero-order valence-corrected chi connectivity index (χ0v) is 10.4. The van der Waals surface area contributed by atoms with Crippen molar-refractivity contribution in [3.8, 4) is 0 Å². The fourth-order valence-corrected chi connectivity index (χ4v) is 2.16. The predicted molar refractivity (Wildman–Crippen MR) is 65.4 cm³/mol. The normalized spacial score (nSPS) is 19.2. The van der Waals surface area contributed by atoms with Crippen molar-refractivity contribution in [2.45, 2.75) is 19.4 Å². The van der Waals surface area contributed by atoms with Gasteiger partial charge in [0.2, 0.25) is 5.91 Å². The summed E-state index contributed by atoms with van der Waals surface area (Å²) in [5.41, 5.74) is -0.484. The van der Waals surface area contributed by atoms with Crippen LogP contribution in [0.2, 0.25) is 0 Å². The predicted octanol–water partition coefficient (Wildman–Crippen LogP) is -0.434. The van der Waals surface area contributed by atoms with E-state index in [0.29, 0.717) is 19.4 Å². The van der Waals surface area contributed by atoms with E-state index in [-0.39, 0.29) is 19.0 Å². The summed E-state index contributed by atoms with van der Waals surface area (Å²) in [6, 6.07) is 1.57. The number of rotatable bonds is 3. The van der Waals surface area contributed by atoms with Crippen LogP contribution in [0.3, 0.4) is 0 Å². The lowest BCUT2D eigenvalue weighted by molar-refractivity contribution is -0.145. The van der Waals surface area contributed by atoms with E-state index in [1.165, 1.54) is 21.9 Å². The van der Waals surface area contributed by atoms with Crippen molar-refractivity contribution in [1.29, 1.82) is 0 Å². The quantitative estimate of drug-likeness (QED) is 0.800. The van der Waals surface area contributed by atoms with E-state index in [9.17, 15) is 14.4 Å². The van der Waals surface area contributed by atoms with Crippen LogP contribution in [0.1, 0.15) is 12.8 Å². The van der Waals surface area contributed by atoms with Gasteiger partial charge >= 0.3 is 11.7 Å². The second-order valence-electron chi connectivity index (χ2n) is 4.55. The molecule has 0 aromatic carbocycles. The standard InChI is InChI=1S/C12H15N3O4/c16-10(8-15-6-2-4-13-12(15)19)14-5-1-3-9(7-14)11(17)18/h2,4,6,9H,1,3,5,7-8H2,(H,17,18). The van der Waals surface area contributed by atoms with Crippen LogP contribution in [0.25, 0.3) is 0 Å². The molecule has 0 radical (unpaired) electrons. The molecule has 7 heteroatoms. The molecule has 1 aromatic rings. The van der Waals surface area contributed by atoms with Gasteiger partial charge in [0.1, 0.15) is 6.54 Å². The third-order valence-electron chi connectivity index (χ3n) is 3.21. The Balaban J connectivity index is 2.02. The Morgan fingerprint density at radius 3 is 2.95 bits per heavy atom. The van der Waals surface area contributed by atoms with E-state index in [1.807, 2.05) is 0 Å². The molecule has 0 bridgehead atoms. The average molecular weight is 265 g/mol. The number of nitrogens with zero attached hydrogens (tertiary/aromatic N) is 3. The largest absolute Gasteiger partial charge is 0.481 e. The number of aromatic nitrogens is 2. The molecule has 1 fully saturated rings. The third-order valence-corrected chi connectivity index (χ3v) is 3.21. The van der Waals surface area contributed by atoms with Crippen molar-refractivity contribution in [2.24, 2.45) is 5.92 Å². The first kappa shape index (κ1) is 13.3. The van der Waals surface area contributed by atoms with Gasteiger partial charge in [0, 0.05) is 25.5 Å². The van der Waals surface area contributed by atoms with Gasteiger partial charge in [-0.1, -0.05) is 0 Å². The molecular formula is C12H15N3O4. The van der Waals surface area contributed by atoms with Gasteiger partial charge in [-0.3, -0.25) is 14.2 Å². The lowest BCUT2D eigenvalue weighted by Crippen LogP contribution is -2.44. The minimum absolute atomic E-state index is 0.0982. The van der Waals surface area contributed by atoms with Crippen LogP contribution in [0.4, 0.5) is 0 Å². The molecule has 0 spiro atoms. The Morgan fingerprint density at radius 2 is 2.26 bits per heavy atom. The van der Waals surface area contributed by atoms with E-state index in [4.69, 9.17) is 5.11 Å². The van der Waals surface area contributed by atoms with E-state index >= 15 is 0 Å². The summed E-state index contributed by atoms with van der Waals surface area (Å²) in [5, 5.41) is 8.97. The van der Waals surface area contributed by atoms with Crippen molar-refractivity contribution in [1.82, 2.24) is 14.5 Å². The van der Waals surface area contributed by atoms with Gasteiger partial charge in [-0.15, -0.1) is 0 Å². The van der Waals surface area contributed by atoms with Crippen LogP contribution >= 0.6 is 0 Å². The highest BCUT2D eigenvalue weighted by Crippen LogP contribution is 2.16. The Hall–Kier alpha value is -2.18. The first-order valence-electron chi connectivity index (χ1n) is 6.10. The number of hydrogen-bond acceptors (Lipinski definition) is 4. The van der Waals surface area contributed by atoms with E-state index in [0.717, 1.165) is 0 Å². The molecule has 7 nitrogen and oxygen atoms in total. The summed E-state index contributed by atoms with van der Waals surface area (Å²) in [5.74, 6) is -1.64. The number of aliphatic carboxylic acids is 1. The number of carbonyl (C=O) groups excluding carboxylic acids is 1. The summed E-state index contributed by atoms with van der Waals surface area (Å²) in [6.45, 7) is 0.653. The van der Waals surface area contributed by atoms with E-state index in [1.54, 1.807) is 6.07 Å². The minimum Gasteiger partial charge on any atom is -0.481 e. The second kappa shape index (κ2) is 5.64. The summed E-state index contributed by atoms with van der Waals surface area (Å²) in [6.07, 6.45) is 4.12. The molecule has 1 N–H and O–H groups in total. The zero-order chi connectivity index (χ0) is 13.8. The van der Waals surface area contributed by atoms with Crippen LogP contribution in [-0.4, -0.2) is 44.5 Å². The molecule has 1 aliphatic rings. The lowest BCUT2D eigenvalue weighted by Gasteiger charge is -2.30. The van der Waals surface area contributed by atoms with Crippen LogP contribution in [-0.2, 0) is 16.1 Å². The second-order valence-corrected chi connectivity index (χ2v) is 4.55. The van der Waals surface area contributed by atoms with Crippen molar-refractivity contribution in [3.05, 3.63) is 28.9 Å². The average Bonchev–Trinajstić information content (AvgIpc) is 2.41. The number of piperidine rings is 1. The molecule has 1 aromatic heterocycles. The number of carboxylic acid groups (broad SMARTS) is 1. The Kier molecular flexibility index (Phi) is 3.94. The van der Waals surface area contributed by atoms with Gasteiger partial charge in [-0.05, 0) is 18.9 Å². The van der Waals surface area contributed by atoms with Gasteiger partial charge in [0.25, 0.3) is 0 Å². The van der Waals surface area contributed by atoms with Gasteiger partial charge in [0.05, 0.1) is 5.92 Å². The highest BCUT2D eigenvalue weighted by molar-refractivity contribution is 5.77. The fraction of sp³-hybridized carbons (Fsp3) is 0.500. The van der Waals surface area contributed by atoms with Crippen molar-refractivity contribution in [3.63, 3.8) is 0 Å². The zero-order valence-electron chi connectivity index (χ0n) is 10.4. The van der Waals surface area contributed by atoms with Gasteiger partial charge in [-0.25, -0.2) is 9.78 Å². The summed E-state index contributed by atoms with van der Waals surface area (Å²) in [7, 11) is 0. The van der Waals surface area contributed by atoms with Crippen LogP contribution in [0.15, 0.2) is 23.3 Å². The molecular weight excluding hydrogens is 250 g/mol. The number of hydrogen-bond donors (Lipinski definition) is 1. The first-order chi connectivity index (χ1) is 9.08. The summed E-state index contributed by atoms with van der Waals surface area (Å²) < 4.78 is 1.21. The molecule has 0 aliphatic carbocycles. The molecule has 1 unspecified atom stereocenters. The molecule has 1 atom stereocenters. The molecule has 1 amide bonds. The minimum atomic E-state index is -0.879. The topological polar surface area (TPSA) is 92.5 Å². The molecule has 102 valence electrons. The molecule has 1 saturated heterocycles. The lowest BCUT2D eigenvalue weighted by atomic mass is 9.98. The molecule has 0 saturated carbocycles. The molecule has 19 heavy (non-hydrogen) atoms. The molecule has 2 heterocycles. The van der Waals surface area contributed by atoms with E-state index < -0.39 is 17.6 Å². The smallest absolute Gasteiger partial charge is 0.347 e. The number of carboxylic acids is 1. The molecule has 2 rings (SSSR count). The van der Waals surface area contributed by atoms with E-state index in [2.05, 4.69) is 4.98 Å². The van der Waals surface area contributed by atoms with Crippen LogP contribution in [0, 0.1) is 5.92 Å². The highest BCUT2D eigenvalue weighted by atomic mass is 16.4. The van der Waals surface area contributed by atoms with Crippen molar-refractivity contribution >= 4 is 11.9 Å². The Morgan fingerprint density at radius 1 is 1.47 bits per heavy atom. The maximum atomic E-state index is 12.0. The van der Waals surface area contributed by atoms with Crippen LogP contribution in [0.5, 0.6) is 0 Å². The maximum Gasteiger partial charge on any atom is 0.347 e. The highest BCUT2D eigenvalue weighted by Gasteiger charge is 2.28. The maximum absolute atomic E-state index is 12.0. The van der Waals surface area contributed by atoms with Crippen molar-refractivity contribution < 1.29 is 14.7 Å². The first-order valence-corrected chi connectivity index (χ1v) is 6.10. The summed E-state index contributed by atoms with van der Waals surface area (Å²) >= 11 is 0. The number of likely N-dealkylation sites (tertiary alicyclic amines) is 1. The number of amides is 1. The van der Waals surface area contributed by atoms with Gasteiger partial charge in [-0.2, -0.15) is 0 Å². The van der Waals surface area contributed by atoms with Gasteiger partial charge < -0.3 is 10.0 Å². The SMILES string of the molecule is O=C(O)C1CCCN(C(=O)Cn2cccnc2=O)C1. The van der Waals surface area contributed by atoms with Crippen molar-refractivity contribution in [2.75, 3.05) is 13.1 Å². The monoisotopic (exact) mass is 265 g/mol. The fourth-order valence-electron chi connectivity index (χ4n) is 2.16. The summed E-state index contributed by atoms with van der Waals surface area (Å²) in [4.78, 5) is 39.4. The Labute approximate surface area is 109 Å². The van der Waals surface area contributed by atoms with Gasteiger partial charge in [0.15, 0.2) is 0 Å².